The molecule has 1 saturated heterocycles. The van der Waals surface area contributed by atoms with E-state index in [4.69, 9.17) is 9.47 Å². The molecule has 0 radical (unpaired) electrons. The van der Waals surface area contributed by atoms with Crippen LogP contribution >= 0.6 is 0 Å². The smallest absolute Gasteiger partial charge is 0.213 e. The molecule has 6 nitrogen and oxygen atoms in total. The zero-order valence-corrected chi connectivity index (χ0v) is 14.5. The summed E-state index contributed by atoms with van der Waals surface area (Å²) >= 11 is 0. The average Bonchev–Trinajstić information content (AvgIpc) is 3.29. The summed E-state index contributed by atoms with van der Waals surface area (Å²) in [5.41, 5.74) is 1.14. The standard InChI is InChI=1S/C18H28N4O2/c1-19-18(22-13-16-7-4-10-23-16)21-12-14-8-9-20-17(11-14)24-15-5-2-3-6-15/h8-9,11,15-16H,2-7,10,12-13H2,1H3,(H2,19,21,22). The Morgan fingerprint density at radius 2 is 2.17 bits per heavy atom. The van der Waals surface area contributed by atoms with Crippen LogP contribution in [0.4, 0.5) is 0 Å². The molecule has 1 aromatic rings. The fraction of sp³-hybridized carbons (Fsp3) is 0.667. The number of hydrogen-bond acceptors (Lipinski definition) is 4. The highest BCUT2D eigenvalue weighted by Crippen LogP contribution is 2.23. The van der Waals surface area contributed by atoms with Crippen molar-refractivity contribution in [2.24, 2.45) is 4.99 Å². The van der Waals surface area contributed by atoms with Crippen molar-refractivity contribution < 1.29 is 9.47 Å². The molecule has 2 N–H and O–H groups in total. The molecule has 2 fully saturated rings. The summed E-state index contributed by atoms with van der Waals surface area (Å²) in [6, 6.07) is 4.01. The molecule has 132 valence electrons. The van der Waals surface area contributed by atoms with Crippen LogP contribution in [0.25, 0.3) is 0 Å². The predicted molar refractivity (Wildman–Crippen MR) is 94.3 cm³/mol. The Hall–Kier alpha value is -1.82. The highest BCUT2D eigenvalue weighted by atomic mass is 16.5. The zero-order valence-electron chi connectivity index (χ0n) is 14.5. The Kier molecular flexibility index (Phi) is 6.29. The fourth-order valence-electron chi connectivity index (χ4n) is 3.22. The molecule has 1 atom stereocenters. The Balaban J connectivity index is 1.45. The monoisotopic (exact) mass is 332 g/mol. The van der Waals surface area contributed by atoms with Gasteiger partial charge in [0.25, 0.3) is 0 Å². The van der Waals surface area contributed by atoms with E-state index < -0.39 is 0 Å². The summed E-state index contributed by atoms with van der Waals surface area (Å²) in [7, 11) is 1.78. The van der Waals surface area contributed by atoms with E-state index in [0.717, 1.165) is 56.2 Å². The Bertz CT molecular complexity index is 538. The van der Waals surface area contributed by atoms with E-state index in [2.05, 4.69) is 20.6 Å². The lowest BCUT2D eigenvalue weighted by Gasteiger charge is -2.16. The first-order valence-electron chi connectivity index (χ1n) is 9.01. The van der Waals surface area contributed by atoms with Crippen LogP contribution in [-0.2, 0) is 11.3 Å². The second-order valence-corrected chi connectivity index (χ2v) is 6.47. The van der Waals surface area contributed by atoms with Gasteiger partial charge in [-0.15, -0.1) is 0 Å². The van der Waals surface area contributed by atoms with Crippen LogP contribution in [0.2, 0.25) is 0 Å². The van der Waals surface area contributed by atoms with Gasteiger partial charge in [-0.05, 0) is 50.2 Å². The molecular formula is C18H28N4O2. The van der Waals surface area contributed by atoms with Gasteiger partial charge in [-0.25, -0.2) is 4.98 Å². The number of aromatic nitrogens is 1. The van der Waals surface area contributed by atoms with Gasteiger partial charge in [-0.3, -0.25) is 4.99 Å². The molecule has 6 heteroatoms. The summed E-state index contributed by atoms with van der Waals surface area (Å²) < 4.78 is 11.6. The van der Waals surface area contributed by atoms with Crippen molar-refractivity contribution in [3.8, 4) is 5.88 Å². The Morgan fingerprint density at radius 3 is 2.92 bits per heavy atom. The summed E-state index contributed by atoms with van der Waals surface area (Å²) in [6.45, 7) is 2.36. The Labute approximate surface area is 144 Å². The maximum Gasteiger partial charge on any atom is 0.213 e. The maximum atomic E-state index is 5.96. The third kappa shape index (κ3) is 5.09. The van der Waals surface area contributed by atoms with Gasteiger partial charge in [0.1, 0.15) is 6.10 Å². The van der Waals surface area contributed by atoms with Crippen molar-refractivity contribution in [1.82, 2.24) is 15.6 Å². The fourth-order valence-corrected chi connectivity index (χ4v) is 3.22. The summed E-state index contributed by atoms with van der Waals surface area (Å²) in [5, 5.41) is 6.65. The highest BCUT2D eigenvalue weighted by molar-refractivity contribution is 5.79. The van der Waals surface area contributed by atoms with Gasteiger partial charge in [0, 0.05) is 39.0 Å². The Morgan fingerprint density at radius 1 is 1.29 bits per heavy atom. The predicted octanol–water partition coefficient (Wildman–Crippen LogP) is 2.25. The molecule has 0 amide bonds. The molecule has 2 heterocycles. The van der Waals surface area contributed by atoms with Crippen molar-refractivity contribution in [1.29, 1.82) is 0 Å². The van der Waals surface area contributed by atoms with E-state index in [-0.39, 0.29) is 0 Å². The number of pyridine rings is 1. The molecule has 1 aliphatic carbocycles. The second-order valence-electron chi connectivity index (χ2n) is 6.47. The number of rotatable bonds is 6. The van der Waals surface area contributed by atoms with Crippen LogP contribution < -0.4 is 15.4 Å². The normalized spacial score (nSPS) is 21.9. The van der Waals surface area contributed by atoms with Gasteiger partial charge in [0.15, 0.2) is 5.96 Å². The highest BCUT2D eigenvalue weighted by Gasteiger charge is 2.17. The first kappa shape index (κ1) is 17.0. The molecule has 0 spiro atoms. The molecule has 2 aliphatic rings. The number of nitrogens with zero attached hydrogens (tertiary/aromatic N) is 2. The van der Waals surface area contributed by atoms with Crippen LogP contribution in [0.15, 0.2) is 23.3 Å². The van der Waals surface area contributed by atoms with Crippen LogP contribution in [0.3, 0.4) is 0 Å². The zero-order chi connectivity index (χ0) is 16.6. The quantitative estimate of drug-likeness (QED) is 0.618. The SMILES string of the molecule is CN=C(NCc1ccnc(OC2CCCC2)c1)NCC1CCCO1. The van der Waals surface area contributed by atoms with Crippen molar-refractivity contribution in [2.75, 3.05) is 20.2 Å². The minimum Gasteiger partial charge on any atom is -0.474 e. The average molecular weight is 332 g/mol. The molecule has 0 bridgehead atoms. The lowest BCUT2D eigenvalue weighted by molar-refractivity contribution is 0.114. The molecular weight excluding hydrogens is 304 g/mol. The van der Waals surface area contributed by atoms with E-state index in [0.29, 0.717) is 18.8 Å². The number of guanidine groups is 1. The van der Waals surface area contributed by atoms with Crippen molar-refractivity contribution >= 4 is 5.96 Å². The van der Waals surface area contributed by atoms with Crippen LogP contribution in [0.1, 0.15) is 44.1 Å². The van der Waals surface area contributed by atoms with Crippen LogP contribution in [0, 0.1) is 0 Å². The van der Waals surface area contributed by atoms with Gasteiger partial charge in [0.2, 0.25) is 5.88 Å². The molecule has 1 unspecified atom stereocenters. The molecule has 1 saturated carbocycles. The minimum atomic E-state index is 0.302. The maximum absolute atomic E-state index is 5.96. The first-order chi connectivity index (χ1) is 11.8. The number of ether oxygens (including phenoxy) is 2. The van der Waals surface area contributed by atoms with E-state index in [9.17, 15) is 0 Å². The van der Waals surface area contributed by atoms with Crippen LogP contribution in [0.5, 0.6) is 5.88 Å². The first-order valence-corrected chi connectivity index (χ1v) is 9.01. The lowest BCUT2D eigenvalue weighted by Crippen LogP contribution is -2.40. The van der Waals surface area contributed by atoms with Crippen molar-refractivity contribution in [3.05, 3.63) is 23.9 Å². The van der Waals surface area contributed by atoms with Gasteiger partial charge in [-0.1, -0.05) is 0 Å². The topological polar surface area (TPSA) is 67.8 Å². The summed E-state index contributed by atoms with van der Waals surface area (Å²) in [6.07, 6.45) is 9.53. The third-order valence-electron chi connectivity index (χ3n) is 4.59. The van der Waals surface area contributed by atoms with Gasteiger partial charge in [0.05, 0.1) is 6.10 Å². The summed E-state index contributed by atoms with van der Waals surface area (Å²) in [4.78, 5) is 8.59. The van der Waals surface area contributed by atoms with Crippen molar-refractivity contribution in [2.45, 2.75) is 57.3 Å². The minimum absolute atomic E-state index is 0.302. The van der Waals surface area contributed by atoms with E-state index in [1.807, 2.05) is 18.3 Å². The van der Waals surface area contributed by atoms with Gasteiger partial charge >= 0.3 is 0 Å². The third-order valence-corrected chi connectivity index (χ3v) is 4.59. The van der Waals surface area contributed by atoms with Crippen LogP contribution in [-0.4, -0.2) is 43.4 Å². The number of aliphatic imine (C=N–C) groups is 1. The van der Waals surface area contributed by atoms with Gasteiger partial charge in [-0.2, -0.15) is 0 Å². The summed E-state index contributed by atoms with van der Waals surface area (Å²) in [5.74, 6) is 1.52. The number of hydrogen-bond donors (Lipinski definition) is 2. The van der Waals surface area contributed by atoms with E-state index in [1.165, 1.54) is 12.8 Å². The van der Waals surface area contributed by atoms with E-state index in [1.54, 1.807) is 7.05 Å². The van der Waals surface area contributed by atoms with Crippen molar-refractivity contribution in [3.63, 3.8) is 0 Å². The lowest BCUT2D eigenvalue weighted by atomic mass is 10.2. The largest absolute Gasteiger partial charge is 0.474 e. The molecule has 0 aromatic carbocycles. The number of nitrogens with one attached hydrogen (secondary N) is 2. The molecule has 3 rings (SSSR count). The van der Waals surface area contributed by atoms with Gasteiger partial charge < -0.3 is 20.1 Å². The second kappa shape index (κ2) is 8.87. The van der Waals surface area contributed by atoms with E-state index >= 15 is 0 Å². The molecule has 24 heavy (non-hydrogen) atoms. The molecule has 1 aromatic heterocycles. The molecule has 1 aliphatic heterocycles.